The molecule has 1 rings (SSSR count). The first-order valence-electron chi connectivity index (χ1n) is 6.03. The Morgan fingerprint density at radius 1 is 1.40 bits per heavy atom. The maximum absolute atomic E-state index is 12.9. The summed E-state index contributed by atoms with van der Waals surface area (Å²) < 4.78 is 12.9. The number of hydrogen-bond donors (Lipinski definition) is 2. The number of benzene rings is 1. The van der Waals surface area contributed by atoms with E-state index >= 15 is 0 Å². The molecular formula is C13H15ClFN2O3-. The van der Waals surface area contributed by atoms with Crippen molar-refractivity contribution in [2.24, 2.45) is 5.92 Å². The van der Waals surface area contributed by atoms with Crippen molar-refractivity contribution < 1.29 is 19.1 Å². The molecule has 0 spiro atoms. The van der Waals surface area contributed by atoms with Gasteiger partial charge in [0.2, 0.25) is 0 Å². The lowest BCUT2D eigenvalue weighted by Crippen LogP contribution is -2.49. The average molecular weight is 302 g/mol. The van der Waals surface area contributed by atoms with Gasteiger partial charge < -0.3 is 20.5 Å². The molecule has 0 unspecified atom stereocenters. The van der Waals surface area contributed by atoms with Crippen molar-refractivity contribution in [3.63, 3.8) is 0 Å². The first-order chi connectivity index (χ1) is 9.29. The molecule has 0 aliphatic rings. The van der Waals surface area contributed by atoms with Crippen LogP contribution in [0.5, 0.6) is 0 Å². The maximum atomic E-state index is 12.9. The molecule has 20 heavy (non-hydrogen) atoms. The van der Waals surface area contributed by atoms with E-state index in [1.807, 2.05) is 13.8 Å². The minimum atomic E-state index is -1.36. The molecule has 2 N–H and O–H groups in total. The molecule has 0 aromatic heterocycles. The Balaban J connectivity index is 2.65. The van der Waals surface area contributed by atoms with Crippen molar-refractivity contribution in [2.45, 2.75) is 26.3 Å². The second-order valence-corrected chi connectivity index (χ2v) is 5.14. The van der Waals surface area contributed by atoms with Crippen molar-refractivity contribution in [3.8, 4) is 0 Å². The molecule has 5 nitrogen and oxygen atoms in total. The summed E-state index contributed by atoms with van der Waals surface area (Å²) in [6.07, 6.45) is 0.250. The zero-order valence-corrected chi connectivity index (χ0v) is 11.8. The van der Waals surface area contributed by atoms with Gasteiger partial charge >= 0.3 is 6.03 Å². The van der Waals surface area contributed by atoms with Gasteiger partial charge in [-0.1, -0.05) is 25.4 Å². The van der Waals surface area contributed by atoms with Crippen LogP contribution in [0.4, 0.5) is 14.9 Å². The highest BCUT2D eigenvalue weighted by Crippen LogP contribution is 2.19. The molecule has 0 aliphatic heterocycles. The van der Waals surface area contributed by atoms with Gasteiger partial charge in [0, 0.05) is 5.69 Å². The topological polar surface area (TPSA) is 81.3 Å². The second kappa shape index (κ2) is 7.09. The Labute approximate surface area is 121 Å². The van der Waals surface area contributed by atoms with E-state index in [0.717, 1.165) is 6.07 Å². The number of carboxylic acids is 1. The van der Waals surface area contributed by atoms with Gasteiger partial charge in [-0.25, -0.2) is 9.18 Å². The molecule has 1 aromatic rings. The van der Waals surface area contributed by atoms with Gasteiger partial charge in [0.1, 0.15) is 5.82 Å². The average Bonchev–Trinajstić information content (AvgIpc) is 2.32. The van der Waals surface area contributed by atoms with Crippen molar-refractivity contribution >= 4 is 29.3 Å². The molecule has 2 amide bonds. The highest BCUT2D eigenvalue weighted by atomic mass is 35.5. The van der Waals surface area contributed by atoms with E-state index in [9.17, 15) is 19.1 Å². The summed E-state index contributed by atoms with van der Waals surface area (Å²) in [4.78, 5) is 22.6. The third kappa shape index (κ3) is 5.05. The molecule has 0 radical (unpaired) electrons. The summed E-state index contributed by atoms with van der Waals surface area (Å²) in [7, 11) is 0. The fraction of sp³-hybridized carbons (Fsp3) is 0.385. The number of hydrogen-bond acceptors (Lipinski definition) is 3. The van der Waals surface area contributed by atoms with Crippen molar-refractivity contribution in [1.82, 2.24) is 5.32 Å². The number of urea groups is 1. The number of halogens is 2. The van der Waals surface area contributed by atoms with Gasteiger partial charge in [0.15, 0.2) is 0 Å². The number of nitrogens with one attached hydrogen (secondary N) is 2. The number of anilines is 1. The number of carbonyl (C=O) groups is 2. The van der Waals surface area contributed by atoms with Crippen LogP contribution in [0, 0.1) is 11.7 Å². The van der Waals surface area contributed by atoms with E-state index in [-0.39, 0.29) is 23.0 Å². The van der Waals surface area contributed by atoms with E-state index < -0.39 is 23.9 Å². The smallest absolute Gasteiger partial charge is 0.319 e. The molecule has 0 heterocycles. The second-order valence-electron chi connectivity index (χ2n) is 4.73. The summed E-state index contributed by atoms with van der Waals surface area (Å²) in [6.45, 7) is 3.66. The molecule has 0 saturated heterocycles. The Hall–Kier alpha value is -1.82. The predicted molar refractivity (Wildman–Crippen MR) is 71.8 cm³/mol. The molecule has 0 saturated carbocycles. The molecule has 0 fully saturated rings. The van der Waals surface area contributed by atoms with Gasteiger partial charge in [-0.15, -0.1) is 0 Å². The molecule has 7 heteroatoms. The minimum absolute atomic E-state index is 0.0819. The monoisotopic (exact) mass is 301 g/mol. The maximum Gasteiger partial charge on any atom is 0.319 e. The van der Waals surface area contributed by atoms with E-state index in [4.69, 9.17) is 11.6 Å². The highest BCUT2D eigenvalue weighted by molar-refractivity contribution is 6.31. The molecular weight excluding hydrogens is 287 g/mol. The van der Waals surface area contributed by atoms with Crippen LogP contribution in [0.1, 0.15) is 20.3 Å². The van der Waals surface area contributed by atoms with Gasteiger partial charge in [-0.2, -0.15) is 0 Å². The Morgan fingerprint density at radius 2 is 2.05 bits per heavy atom. The number of rotatable bonds is 5. The lowest BCUT2D eigenvalue weighted by molar-refractivity contribution is -0.308. The van der Waals surface area contributed by atoms with E-state index in [1.54, 1.807) is 0 Å². The van der Waals surface area contributed by atoms with Crippen LogP contribution in [0.25, 0.3) is 0 Å². The van der Waals surface area contributed by atoms with Gasteiger partial charge in [0.25, 0.3) is 0 Å². The van der Waals surface area contributed by atoms with E-state index in [0.29, 0.717) is 0 Å². The fourth-order valence-corrected chi connectivity index (χ4v) is 1.77. The van der Waals surface area contributed by atoms with Crippen LogP contribution in [-0.2, 0) is 4.79 Å². The van der Waals surface area contributed by atoms with Crippen LogP contribution >= 0.6 is 11.6 Å². The molecule has 0 aliphatic carbocycles. The Bertz CT molecular complexity index is 508. The third-order valence-electron chi connectivity index (χ3n) is 2.47. The standard InChI is InChI=1S/C13H16ClFN2O3/c1-7(2)5-11(12(18)19)17-13(20)16-8-3-4-10(15)9(14)6-8/h3-4,6-7,11H,5H2,1-2H3,(H,18,19)(H2,16,17,20)/p-1/t11-/m0/s1. The van der Waals surface area contributed by atoms with Crippen molar-refractivity contribution in [3.05, 3.63) is 29.0 Å². The Kier molecular flexibility index (Phi) is 5.76. The van der Waals surface area contributed by atoms with Gasteiger partial charge in [0.05, 0.1) is 17.0 Å². The van der Waals surface area contributed by atoms with Crippen LogP contribution in [0.15, 0.2) is 18.2 Å². The summed E-state index contributed by atoms with van der Waals surface area (Å²) in [5, 5.41) is 15.4. The highest BCUT2D eigenvalue weighted by Gasteiger charge is 2.15. The third-order valence-corrected chi connectivity index (χ3v) is 2.76. The van der Waals surface area contributed by atoms with Crippen LogP contribution in [0.2, 0.25) is 5.02 Å². The fourth-order valence-electron chi connectivity index (χ4n) is 1.58. The zero-order valence-electron chi connectivity index (χ0n) is 11.1. The first kappa shape index (κ1) is 16.2. The van der Waals surface area contributed by atoms with Crippen molar-refractivity contribution in [1.29, 1.82) is 0 Å². The zero-order chi connectivity index (χ0) is 15.3. The number of carbonyl (C=O) groups excluding carboxylic acids is 2. The lowest BCUT2D eigenvalue weighted by Gasteiger charge is -2.21. The van der Waals surface area contributed by atoms with E-state index in [2.05, 4.69) is 10.6 Å². The molecule has 1 atom stereocenters. The first-order valence-corrected chi connectivity index (χ1v) is 6.40. The molecule has 110 valence electrons. The Morgan fingerprint density at radius 3 is 2.55 bits per heavy atom. The van der Waals surface area contributed by atoms with Gasteiger partial charge in [-0.3, -0.25) is 0 Å². The van der Waals surface area contributed by atoms with Crippen LogP contribution in [0.3, 0.4) is 0 Å². The number of carboxylic acid groups (broad SMARTS) is 1. The minimum Gasteiger partial charge on any atom is -0.548 e. The predicted octanol–water partition coefficient (Wildman–Crippen LogP) is 1.77. The summed E-state index contributed by atoms with van der Waals surface area (Å²) in [6, 6.07) is 1.83. The number of aliphatic carboxylic acids is 1. The molecule has 1 aromatic carbocycles. The van der Waals surface area contributed by atoms with Gasteiger partial charge in [-0.05, 0) is 30.5 Å². The number of amides is 2. The quantitative estimate of drug-likeness (QED) is 0.869. The van der Waals surface area contributed by atoms with Crippen LogP contribution < -0.4 is 15.7 Å². The summed E-state index contributed by atoms with van der Waals surface area (Å²) in [5.41, 5.74) is 0.260. The lowest BCUT2D eigenvalue weighted by atomic mass is 10.0. The normalized spacial score (nSPS) is 12.1. The summed E-state index contributed by atoms with van der Waals surface area (Å²) >= 11 is 5.57. The molecule has 0 bridgehead atoms. The largest absolute Gasteiger partial charge is 0.548 e. The SMILES string of the molecule is CC(C)C[C@H](NC(=O)Nc1ccc(F)c(Cl)c1)C(=O)[O-]. The van der Waals surface area contributed by atoms with Crippen molar-refractivity contribution in [2.75, 3.05) is 5.32 Å². The van der Waals surface area contributed by atoms with Crippen LogP contribution in [-0.4, -0.2) is 18.0 Å². The van der Waals surface area contributed by atoms with E-state index in [1.165, 1.54) is 12.1 Å². The summed E-state index contributed by atoms with van der Waals surface area (Å²) in [5.74, 6) is -1.88.